The minimum absolute atomic E-state index is 0.165. The Balaban J connectivity index is 2.07. The molecule has 4 heteroatoms. The predicted octanol–water partition coefficient (Wildman–Crippen LogP) is 2.83. The highest BCUT2D eigenvalue weighted by Gasteiger charge is 2.22. The Kier molecular flexibility index (Phi) is 4.70. The van der Waals surface area contributed by atoms with Gasteiger partial charge in [0.2, 0.25) is 5.91 Å². The van der Waals surface area contributed by atoms with E-state index in [-0.39, 0.29) is 17.9 Å². The van der Waals surface area contributed by atoms with Gasteiger partial charge in [0.15, 0.2) is 0 Å². The third kappa shape index (κ3) is 3.68. The minimum atomic E-state index is -0.377. The lowest BCUT2D eigenvalue weighted by Crippen LogP contribution is -2.30. The molecule has 0 aliphatic carbocycles. The zero-order chi connectivity index (χ0) is 15.2. The highest BCUT2D eigenvalue weighted by molar-refractivity contribution is 5.93. The van der Waals surface area contributed by atoms with Gasteiger partial charge in [-0.1, -0.05) is 43.3 Å². The lowest BCUT2D eigenvalue weighted by molar-refractivity contribution is -0.120. The number of carbonyl (C=O) groups excluding carboxylic acids is 1. The van der Waals surface area contributed by atoms with E-state index in [4.69, 9.17) is 11.0 Å². The van der Waals surface area contributed by atoms with Crippen molar-refractivity contribution in [2.24, 2.45) is 11.7 Å². The van der Waals surface area contributed by atoms with E-state index < -0.39 is 0 Å². The van der Waals surface area contributed by atoms with Gasteiger partial charge in [-0.3, -0.25) is 4.79 Å². The molecule has 4 nitrogen and oxygen atoms in total. The van der Waals surface area contributed by atoms with Gasteiger partial charge in [0.05, 0.1) is 17.6 Å². The number of nitriles is 1. The van der Waals surface area contributed by atoms with E-state index >= 15 is 0 Å². The van der Waals surface area contributed by atoms with Crippen molar-refractivity contribution in [3.05, 3.63) is 65.7 Å². The number of anilines is 1. The SMILES string of the molecule is CC(C(=O)Nc1cccc(C#N)c1)C(N)c1ccccc1. The van der Waals surface area contributed by atoms with Crippen molar-refractivity contribution in [2.45, 2.75) is 13.0 Å². The third-order valence-corrected chi connectivity index (χ3v) is 3.40. The van der Waals surface area contributed by atoms with Crippen LogP contribution in [0.5, 0.6) is 0 Å². The maximum atomic E-state index is 12.3. The normalized spacial score (nSPS) is 13.0. The molecule has 0 bridgehead atoms. The summed E-state index contributed by atoms with van der Waals surface area (Å²) >= 11 is 0. The summed E-state index contributed by atoms with van der Waals surface area (Å²) in [6.45, 7) is 1.79. The van der Waals surface area contributed by atoms with E-state index in [0.717, 1.165) is 5.56 Å². The molecule has 0 spiro atoms. The molecule has 2 atom stereocenters. The van der Waals surface area contributed by atoms with Gasteiger partial charge in [-0.05, 0) is 23.8 Å². The molecule has 0 saturated carbocycles. The summed E-state index contributed by atoms with van der Waals surface area (Å²) < 4.78 is 0. The van der Waals surface area contributed by atoms with Gasteiger partial charge in [-0.2, -0.15) is 5.26 Å². The zero-order valence-corrected chi connectivity index (χ0v) is 11.8. The Hall–Kier alpha value is -2.64. The molecule has 3 N–H and O–H groups in total. The summed E-state index contributed by atoms with van der Waals surface area (Å²) in [6.07, 6.45) is 0. The number of nitrogens with two attached hydrogens (primary N) is 1. The van der Waals surface area contributed by atoms with Crippen LogP contribution < -0.4 is 11.1 Å². The summed E-state index contributed by atoms with van der Waals surface area (Å²) in [6, 6.07) is 18.0. The molecule has 2 aromatic rings. The second-order valence-electron chi connectivity index (χ2n) is 4.91. The molecule has 0 aliphatic heterocycles. The first-order chi connectivity index (χ1) is 10.1. The van der Waals surface area contributed by atoms with Crippen LogP contribution in [-0.4, -0.2) is 5.91 Å². The van der Waals surface area contributed by atoms with Gasteiger partial charge < -0.3 is 11.1 Å². The Labute approximate surface area is 124 Å². The number of rotatable bonds is 4. The smallest absolute Gasteiger partial charge is 0.229 e. The van der Waals surface area contributed by atoms with E-state index in [9.17, 15) is 4.79 Å². The fourth-order valence-corrected chi connectivity index (χ4v) is 2.05. The van der Waals surface area contributed by atoms with Crippen LogP contribution in [0.4, 0.5) is 5.69 Å². The maximum absolute atomic E-state index is 12.3. The van der Waals surface area contributed by atoms with Crippen LogP contribution in [0.15, 0.2) is 54.6 Å². The third-order valence-electron chi connectivity index (χ3n) is 3.40. The second kappa shape index (κ2) is 6.69. The molecule has 0 aromatic heterocycles. The van der Waals surface area contributed by atoms with Crippen LogP contribution >= 0.6 is 0 Å². The fourth-order valence-electron chi connectivity index (χ4n) is 2.05. The van der Waals surface area contributed by atoms with Crippen LogP contribution in [-0.2, 0) is 4.79 Å². The van der Waals surface area contributed by atoms with E-state index in [0.29, 0.717) is 11.3 Å². The predicted molar refractivity (Wildman–Crippen MR) is 82.3 cm³/mol. The Bertz CT molecular complexity index is 661. The largest absolute Gasteiger partial charge is 0.326 e. The van der Waals surface area contributed by atoms with Crippen molar-refractivity contribution >= 4 is 11.6 Å². The second-order valence-corrected chi connectivity index (χ2v) is 4.91. The monoisotopic (exact) mass is 279 g/mol. The Morgan fingerprint density at radius 2 is 1.90 bits per heavy atom. The van der Waals surface area contributed by atoms with Crippen LogP contribution in [0.3, 0.4) is 0 Å². The molecule has 0 heterocycles. The topological polar surface area (TPSA) is 78.9 Å². The van der Waals surface area contributed by atoms with Gasteiger partial charge in [0.1, 0.15) is 0 Å². The molecule has 106 valence electrons. The summed E-state index contributed by atoms with van der Waals surface area (Å²) in [4.78, 5) is 12.3. The quantitative estimate of drug-likeness (QED) is 0.903. The molecular formula is C17H17N3O. The van der Waals surface area contributed by atoms with Crippen molar-refractivity contribution in [1.29, 1.82) is 5.26 Å². The van der Waals surface area contributed by atoms with Gasteiger partial charge in [0, 0.05) is 11.7 Å². The van der Waals surface area contributed by atoms with Crippen molar-refractivity contribution in [3.8, 4) is 6.07 Å². The highest BCUT2D eigenvalue weighted by atomic mass is 16.1. The first kappa shape index (κ1) is 14.8. The molecular weight excluding hydrogens is 262 g/mol. The van der Waals surface area contributed by atoms with Crippen LogP contribution in [0.25, 0.3) is 0 Å². The average Bonchev–Trinajstić information content (AvgIpc) is 2.54. The fraction of sp³-hybridized carbons (Fsp3) is 0.176. The Morgan fingerprint density at radius 3 is 2.57 bits per heavy atom. The zero-order valence-electron chi connectivity index (χ0n) is 11.8. The number of carbonyl (C=O) groups is 1. The highest BCUT2D eigenvalue weighted by Crippen LogP contribution is 2.21. The van der Waals surface area contributed by atoms with E-state index in [1.165, 1.54) is 0 Å². The average molecular weight is 279 g/mol. The summed E-state index contributed by atoms with van der Waals surface area (Å²) in [5.41, 5.74) is 8.17. The first-order valence-corrected chi connectivity index (χ1v) is 6.73. The van der Waals surface area contributed by atoms with Crippen molar-refractivity contribution in [1.82, 2.24) is 0 Å². The van der Waals surface area contributed by atoms with Crippen molar-refractivity contribution < 1.29 is 4.79 Å². The molecule has 2 aromatic carbocycles. The molecule has 0 saturated heterocycles. The van der Waals surface area contributed by atoms with Crippen LogP contribution in [0, 0.1) is 17.2 Å². The van der Waals surface area contributed by atoms with Crippen LogP contribution in [0.1, 0.15) is 24.1 Å². The molecule has 0 fully saturated rings. The molecule has 2 rings (SSSR count). The van der Waals surface area contributed by atoms with Gasteiger partial charge in [-0.25, -0.2) is 0 Å². The minimum Gasteiger partial charge on any atom is -0.326 e. The van der Waals surface area contributed by atoms with Gasteiger partial charge in [-0.15, -0.1) is 0 Å². The number of nitrogens with one attached hydrogen (secondary N) is 1. The number of benzene rings is 2. The van der Waals surface area contributed by atoms with Gasteiger partial charge in [0.25, 0.3) is 0 Å². The maximum Gasteiger partial charge on any atom is 0.229 e. The van der Waals surface area contributed by atoms with Crippen LogP contribution in [0.2, 0.25) is 0 Å². The summed E-state index contributed by atoms with van der Waals surface area (Å²) in [7, 11) is 0. The first-order valence-electron chi connectivity index (χ1n) is 6.73. The molecule has 0 radical (unpaired) electrons. The number of nitrogens with zero attached hydrogens (tertiary/aromatic N) is 1. The van der Waals surface area contributed by atoms with Gasteiger partial charge >= 0.3 is 0 Å². The van der Waals surface area contributed by atoms with E-state index in [1.807, 2.05) is 36.4 Å². The number of hydrogen-bond acceptors (Lipinski definition) is 3. The molecule has 2 unspecified atom stereocenters. The number of hydrogen-bond donors (Lipinski definition) is 2. The van der Waals surface area contributed by atoms with Crippen molar-refractivity contribution in [2.75, 3.05) is 5.32 Å². The molecule has 1 amide bonds. The summed E-state index contributed by atoms with van der Waals surface area (Å²) in [5.74, 6) is -0.542. The lowest BCUT2D eigenvalue weighted by Gasteiger charge is -2.19. The lowest BCUT2D eigenvalue weighted by atomic mass is 9.94. The van der Waals surface area contributed by atoms with E-state index in [2.05, 4.69) is 5.32 Å². The molecule has 0 aliphatic rings. The number of amides is 1. The van der Waals surface area contributed by atoms with E-state index in [1.54, 1.807) is 31.2 Å². The van der Waals surface area contributed by atoms with Crippen molar-refractivity contribution in [3.63, 3.8) is 0 Å². The Morgan fingerprint density at radius 1 is 1.19 bits per heavy atom. The standard InChI is InChI=1S/C17H17N3O/c1-12(16(19)14-7-3-2-4-8-14)17(21)20-15-9-5-6-13(10-15)11-18/h2-10,12,16H,19H2,1H3,(H,20,21). The summed E-state index contributed by atoms with van der Waals surface area (Å²) in [5, 5.41) is 11.7. The molecule has 21 heavy (non-hydrogen) atoms.